The summed E-state index contributed by atoms with van der Waals surface area (Å²) in [7, 11) is 0.0298. The molecule has 1 aliphatic heterocycles. The molecule has 1 aromatic rings. The highest BCUT2D eigenvalue weighted by Crippen LogP contribution is 2.46. The molecule has 1 unspecified atom stereocenters. The predicted molar refractivity (Wildman–Crippen MR) is 68.7 cm³/mol. The van der Waals surface area contributed by atoms with E-state index in [-0.39, 0.29) is 29.2 Å². The van der Waals surface area contributed by atoms with Gasteiger partial charge in [-0.3, -0.25) is 0 Å². The molecule has 1 atom stereocenters. The zero-order valence-electron chi connectivity index (χ0n) is 9.58. The zero-order chi connectivity index (χ0) is 15.1. The molecular weight excluding hydrogens is 389 g/mol. The molecule has 1 heterocycles. The molecule has 4 nitrogen and oxygen atoms in total. The van der Waals surface area contributed by atoms with Gasteiger partial charge in [-0.1, -0.05) is 0 Å². The molecule has 20 heavy (non-hydrogen) atoms. The monoisotopic (exact) mass is 394 g/mol. The summed E-state index contributed by atoms with van der Waals surface area (Å²) in [5.74, 6) is 0.267. The molecule has 10 heteroatoms. The van der Waals surface area contributed by atoms with Crippen LogP contribution in [0.4, 0.5) is 13.2 Å². The normalized spacial score (nSPS) is 16.9. The average molecular weight is 396 g/mol. The lowest BCUT2D eigenvalue weighted by atomic mass is 10.1. The van der Waals surface area contributed by atoms with E-state index >= 15 is 0 Å². The van der Waals surface area contributed by atoms with E-state index in [4.69, 9.17) is 20.2 Å². The van der Waals surface area contributed by atoms with Gasteiger partial charge in [0.15, 0.2) is 16.7 Å². The first-order chi connectivity index (χ1) is 9.10. The Morgan fingerprint density at radius 1 is 1.25 bits per heavy atom. The van der Waals surface area contributed by atoms with Crippen molar-refractivity contribution in [1.82, 2.24) is 0 Å². The van der Waals surface area contributed by atoms with E-state index in [0.29, 0.717) is 0 Å². The number of alkyl halides is 3. The van der Waals surface area contributed by atoms with Crippen molar-refractivity contribution < 1.29 is 31.1 Å². The van der Waals surface area contributed by atoms with Gasteiger partial charge in [0.25, 0.3) is 0 Å². The summed E-state index contributed by atoms with van der Waals surface area (Å²) in [6, 6.07) is 1.98. The van der Waals surface area contributed by atoms with Gasteiger partial charge in [0.1, 0.15) is 13.2 Å². The zero-order valence-corrected chi connectivity index (χ0v) is 12.7. The lowest BCUT2D eigenvalue weighted by Crippen LogP contribution is -2.26. The average Bonchev–Trinajstić information content (AvgIpc) is 2.25. The molecule has 0 fully saturated rings. The van der Waals surface area contributed by atoms with Crippen LogP contribution in [0.1, 0.15) is 10.8 Å². The first kappa shape index (κ1) is 15.7. The summed E-state index contributed by atoms with van der Waals surface area (Å²) in [5, 5.41) is -2.83. The maximum absolute atomic E-state index is 12.9. The Hall–Kier alpha value is -0.670. The Balaban J connectivity index is 2.59. The van der Waals surface area contributed by atoms with Crippen molar-refractivity contribution in [2.45, 2.75) is 11.4 Å². The van der Waals surface area contributed by atoms with E-state index in [1.807, 2.05) is 0 Å². The first-order valence-electron chi connectivity index (χ1n) is 5.20. The van der Waals surface area contributed by atoms with Gasteiger partial charge in [-0.15, -0.1) is 0 Å². The van der Waals surface area contributed by atoms with Crippen molar-refractivity contribution in [3.05, 3.63) is 22.2 Å². The Morgan fingerprint density at radius 3 is 2.40 bits per heavy atom. The lowest BCUT2D eigenvalue weighted by molar-refractivity contribution is -0.131. The SMILES string of the molecule is O=S(=O)(Cl)C(c1cc(Br)c2c(c1)OCCO2)C(F)(F)F. The lowest BCUT2D eigenvalue weighted by Gasteiger charge is -2.23. The number of halogens is 5. The highest BCUT2D eigenvalue weighted by Gasteiger charge is 2.49. The van der Waals surface area contributed by atoms with Crippen LogP contribution in [0.15, 0.2) is 16.6 Å². The number of hydrogen-bond acceptors (Lipinski definition) is 4. The number of rotatable bonds is 2. The van der Waals surface area contributed by atoms with Crippen LogP contribution in [0.2, 0.25) is 0 Å². The van der Waals surface area contributed by atoms with Gasteiger partial charge in [-0.05, 0) is 33.6 Å². The quantitative estimate of drug-likeness (QED) is 0.720. The summed E-state index contributed by atoms with van der Waals surface area (Å²) in [6.07, 6.45) is -5.04. The molecule has 1 aliphatic rings. The highest BCUT2D eigenvalue weighted by molar-refractivity contribution is 9.10. The van der Waals surface area contributed by atoms with Crippen molar-refractivity contribution >= 4 is 35.7 Å². The molecule has 0 aliphatic carbocycles. The number of ether oxygens (including phenoxy) is 2. The van der Waals surface area contributed by atoms with Crippen LogP contribution in [-0.4, -0.2) is 27.8 Å². The number of benzene rings is 1. The molecule has 1 aromatic carbocycles. The third-order valence-electron chi connectivity index (χ3n) is 2.50. The standard InChI is InChI=1S/C10H7BrClF3O4S/c11-6-3-5(4-7-8(6)19-2-1-18-7)9(10(13,14)15)20(12,16)17/h3-4,9H,1-2H2. The largest absolute Gasteiger partial charge is 0.486 e. The molecule has 0 radical (unpaired) electrons. The predicted octanol–water partition coefficient (Wildman–Crippen LogP) is 3.39. The van der Waals surface area contributed by atoms with E-state index in [1.165, 1.54) is 0 Å². The van der Waals surface area contributed by atoms with Crippen LogP contribution in [0.3, 0.4) is 0 Å². The fourth-order valence-corrected chi connectivity index (χ4v) is 3.76. The molecule has 0 saturated carbocycles. The van der Waals surface area contributed by atoms with Crippen LogP contribution >= 0.6 is 26.6 Å². The minimum absolute atomic E-state index is 0.0372. The van der Waals surface area contributed by atoms with Crippen LogP contribution in [0.5, 0.6) is 11.5 Å². The van der Waals surface area contributed by atoms with Gasteiger partial charge in [0, 0.05) is 10.7 Å². The molecule has 0 amide bonds. The molecule has 112 valence electrons. The second kappa shape index (κ2) is 5.27. The van der Waals surface area contributed by atoms with Gasteiger partial charge >= 0.3 is 6.18 Å². The summed E-state index contributed by atoms with van der Waals surface area (Å²) < 4.78 is 71.7. The van der Waals surface area contributed by atoms with E-state index in [2.05, 4.69) is 15.9 Å². The van der Waals surface area contributed by atoms with Crippen molar-refractivity contribution in [2.75, 3.05) is 13.2 Å². The summed E-state index contributed by atoms with van der Waals surface area (Å²) in [5.41, 5.74) is -0.538. The molecule has 0 bridgehead atoms. The third-order valence-corrected chi connectivity index (χ3v) is 4.73. The van der Waals surface area contributed by atoms with Crippen LogP contribution in [0.25, 0.3) is 0 Å². The van der Waals surface area contributed by atoms with E-state index < -0.39 is 26.0 Å². The van der Waals surface area contributed by atoms with Crippen molar-refractivity contribution in [1.29, 1.82) is 0 Å². The maximum Gasteiger partial charge on any atom is 0.410 e. The summed E-state index contributed by atoms with van der Waals surface area (Å²) in [4.78, 5) is 0. The molecule has 0 aromatic heterocycles. The second-order valence-corrected chi connectivity index (χ2v) is 7.49. The Labute approximate surface area is 125 Å². The van der Waals surface area contributed by atoms with Crippen molar-refractivity contribution in [3.63, 3.8) is 0 Å². The van der Waals surface area contributed by atoms with Crippen LogP contribution in [-0.2, 0) is 9.05 Å². The minimum Gasteiger partial charge on any atom is -0.486 e. The fourth-order valence-electron chi connectivity index (χ4n) is 1.79. The second-order valence-electron chi connectivity index (χ2n) is 3.92. The fraction of sp³-hybridized carbons (Fsp3) is 0.400. The Morgan fingerprint density at radius 2 is 1.85 bits per heavy atom. The first-order valence-corrected chi connectivity index (χ1v) is 8.36. The maximum atomic E-state index is 12.9. The van der Waals surface area contributed by atoms with Crippen LogP contribution in [0, 0.1) is 0 Å². The molecular formula is C10H7BrClF3O4S. The van der Waals surface area contributed by atoms with Gasteiger partial charge < -0.3 is 9.47 Å². The Kier molecular flexibility index (Phi) is 4.14. The topological polar surface area (TPSA) is 52.6 Å². The molecule has 0 spiro atoms. The molecule has 0 N–H and O–H groups in total. The highest BCUT2D eigenvalue weighted by atomic mass is 79.9. The van der Waals surface area contributed by atoms with Crippen LogP contribution < -0.4 is 9.47 Å². The van der Waals surface area contributed by atoms with E-state index in [9.17, 15) is 21.6 Å². The summed E-state index contributed by atoms with van der Waals surface area (Å²) in [6.45, 7) is 0.411. The van der Waals surface area contributed by atoms with Gasteiger partial charge in [-0.2, -0.15) is 13.2 Å². The van der Waals surface area contributed by atoms with Crippen molar-refractivity contribution in [2.24, 2.45) is 0 Å². The number of fused-ring (bicyclic) bond motifs is 1. The number of hydrogen-bond donors (Lipinski definition) is 0. The molecule has 0 saturated heterocycles. The smallest absolute Gasteiger partial charge is 0.410 e. The minimum atomic E-state index is -5.04. The third kappa shape index (κ3) is 3.15. The molecule has 2 rings (SSSR count). The van der Waals surface area contributed by atoms with E-state index in [1.54, 1.807) is 0 Å². The van der Waals surface area contributed by atoms with Gasteiger partial charge in [0.2, 0.25) is 9.05 Å². The van der Waals surface area contributed by atoms with Crippen molar-refractivity contribution in [3.8, 4) is 11.5 Å². The Bertz CT molecular complexity index is 632. The van der Waals surface area contributed by atoms with Gasteiger partial charge in [0.05, 0.1) is 4.47 Å². The van der Waals surface area contributed by atoms with E-state index in [0.717, 1.165) is 12.1 Å². The summed E-state index contributed by atoms with van der Waals surface area (Å²) >= 11 is 3.02. The van der Waals surface area contributed by atoms with Gasteiger partial charge in [-0.25, -0.2) is 8.42 Å².